The maximum Gasteiger partial charge on any atom is 0.219 e. The van der Waals surface area contributed by atoms with Gasteiger partial charge in [0.15, 0.2) is 0 Å². The first kappa shape index (κ1) is 16.9. The van der Waals surface area contributed by atoms with Crippen LogP contribution in [0.25, 0.3) is 0 Å². The van der Waals surface area contributed by atoms with Gasteiger partial charge in [-0.3, -0.25) is 4.79 Å². The van der Waals surface area contributed by atoms with Gasteiger partial charge in [-0.05, 0) is 36.0 Å². The van der Waals surface area contributed by atoms with Crippen molar-refractivity contribution in [3.63, 3.8) is 0 Å². The highest BCUT2D eigenvalue weighted by Crippen LogP contribution is 2.30. The van der Waals surface area contributed by atoms with Crippen LogP contribution in [0.4, 0.5) is 0 Å². The van der Waals surface area contributed by atoms with Gasteiger partial charge in [0.05, 0.1) is 0 Å². The highest BCUT2D eigenvalue weighted by Gasteiger charge is 2.24. The lowest BCUT2D eigenvalue weighted by molar-refractivity contribution is -0.132. The maximum atomic E-state index is 12.1. The van der Waals surface area contributed by atoms with Crippen molar-refractivity contribution in [2.75, 3.05) is 0 Å². The largest absolute Gasteiger partial charge is 0.508 e. The number of benzene rings is 1. The molecule has 122 valence electrons. The second-order valence-corrected chi connectivity index (χ2v) is 7.53. The molecule has 1 saturated carbocycles. The molecule has 0 aliphatic heterocycles. The van der Waals surface area contributed by atoms with Crippen LogP contribution in [-0.4, -0.2) is 22.0 Å². The quantitative estimate of drug-likeness (QED) is 0.900. The molecule has 3 heteroatoms. The van der Waals surface area contributed by atoms with E-state index in [9.17, 15) is 9.90 Å². The summed E-state index contributed by atoms with van der Waals surface area (Å²) in [4.78, 5) is 14.0. The molecule has 0 aromatic heterocycles. The first-order valence-electron chi connectivity index (χ1n) is 8.38. The molecular weight excluding hydrogens is 274 g/mol. The van der Waals surface area contributed by atoms with Crippen LogP contribution in [0.1, 0.15) is 70.9 Å². The van der Waals surface area contributed by atoms with Crippen molar-refractivity contribution in [2.45, 2.75) is 77.8 Å². The lowest BCUT2D eigenvalue weighted by Crippen LogP contribution is -2.39. The summed E-state index contributed by atoms with van der Waals surface area (Å²) < 4.78 is 0. The van der Waals surface area contributed by atoms with Crippen LogP contribution in [0.5, 0.6) is 5.75 Å². The number of hydrogen-bond donors (Lipinski definition) is 1. The fourth-order valence-corrected chi connectivity index (χ4v) is 3.25. The minimum atomic E-state index is 0.0361. The highest BCUT2D eigenvalue weighted by atomic mass is 16.3. The van der Waals surface area contributed by atoms with Crippen molar-refractivity contribution in [1.29, 1.82) is 0 Å². The van der Waals surface area contributed by atoms with Gasteiger partial charge < -0.3 is 10.0 Å². The summed E-state index contributed by atoms with van der Waals surface area (Å²) in [7, 11) is 0. The van der Waals surface area contributed by atoms with Crippen molar-refractivity contribution in [3.8, 4) is 5.75 Å². The number of hydrogen-bond acceptors (Lipinski definition) is 2. The second kappa shape index (κ2) is 6.72. The summed E-state index contributed by atoms with van der Waals surface area (Å²) in [5.41, 5.74) is 2.08. The van der Waals surface area contributed by atoms with E-state index in [0.29, 0.717) is 12.6 Å². The van der Waals surface area contributed by atoms with Crippen molar-refractivity contribution in [1.82, 2.24) is 4.90 Å². The summed E-state index contributed by atoms with van der Waals surface area (Å²) in [6.07, 6.45) is 5.83. The van der Waals surface area contributed by atoms with Crippen molar-refractivity contribution in [2.24, 2.45) is 0 Å². The molecule has 0 bridgehead atoms. The third kappa shape index (κ3) is 4.02. The Hall–Kier alpha value is -1.51. The Labute approximate surface area is 134 Å². The lowest BCUT2D eigenvalue weighted by atomic mass is 9.86. The molecule has 0 heterocycles. The smallest absolute Gasteiger partial charge is 0.219 e. The Bertz CT molecular complexity index is 525. The molecule has 1 amide bonds. The van der Waals surface area contributed by atoms with Crippen LogP contribution < -0.4 is 0 Å². The molecule has 1 N–H and O–H groups in total. The van der Waals surface area contributed by atoms with Gasteiger partial charge in [0.1, 0.15) is 5.75 Å². The predicted molar refractivity (Wildman–Crippen MR) is 89.9 cm³/mol. The number of carbonyl (C=O) groups is 1. The van der Waals surface area contributed by atoms with E-state index in [-0.39, 0.29) is 17.1 Å². The van der Waals surface area contributed by atoms with Gasteiger partial charge in [0.25, 0.3) is 0 Å². The molecule has 1 aliphatic rings. The summed E-state index contributed by atoms with van der Waals surface area (Å²) in [6.45, 7) is 8.63. The summed E-state index contributed by atoms with van der Waals surface area (Å²) >= 11 is 0. The summed E-state index contributed by atoms with van der Waals surface area (Å²) in [5.74, 6) is 0.391. The van der Waals surface area contributed by atoms with Crippen molar-refractivity contribution >= 4 is 5.91 Å². The van der Waals surface area contributed by atoms with E-state index >= 15 is 0 Å². The molecule has 1 fully saturated rings. The Morgan fingerprint density at radius 3 is 2.41 bits per heavy atom. The normalized spacial score (nSPS) is 16.5. The Balaban J connectivity index is 2.24. The summed E-state index contributed by atoms with van der Waals surface area (Å²) in [6, 6.07) is 6.10. The third-order valence-electron chi connectivity index (χ3n) is 4.71. The molecule has 0 radical (unpaired) electrons. The zero-order valence-corrected chi connectivity index (χ0v) is 14.4. The van der Waals surface area contributed by atoms with Crippen molar-refractivity contribution in [3.05, 3.63) is 29.3 Å². The predicted octanol–water partition coefficient (Wildman–Crippen LogP) is 4.37. The topological polar surface area (TPSA) is 40.5 Å². The number of nitrogens with zero attached hydrogens (tertiary/aromatic N) is 1. The molecule has 0 spiro atoms. The molecular formula is C19H29NO2. The van der Waals surface area contributed by atoms with Crippen LogP contribution >= 0.6 is 0 Å². The minimum absolute atomic E-state index is 0.0361. The maximum absolute atomic E-state index is 12.1. The summed E-state index contributed by atoms with van der Waals surface area (Å²) in [5, 5.41) is 10.2. The fourth-order valence-electron chi connectivity index (χ4n) is 3.25. The van der Waals surface area contributed by atoms with Gasteiger partial charge in [-0.25, -0.2) is 0 Å². The number of carbonyl (C=O) groups excluding carboxylic acids is 1. The van der Waals surface area contributed by atoms with Crippen LogP contribution in [0, 0.1) is 0 Å². The average molecular weight is 303 g/mol. The molecule has 0 unspecified atom stereocenters. The SMILES string of the molecule is CC(=O)N(Cc1cc(C(C)(C)C)ccc1O)C1CCCCC1. The zero-order chi connectivity index (χ0) is 16.3. The van der Waals surface area contributed by atoms with Gasteiger partial charge in [-0.2, -0.15) is 0 Å². The number of aromatic hydroxyl groups is 1. The molecule has 2 rings (SSSR count). The van der Waals surface area contributed by atoms with Gasteiger partial charge >= 0.3 is 0 Å². The second-order valence-electron chi connectivity index (χ2n) is 7.53. The minimum Gasteiger partial charge on any atom is -0.508 e. The molecule has 3 nitrogen and oxygen atoms in total. The Morgan fingerprint density at radius 1 is 1.23 bits per heavy atom. The van der Waals surface area contributed by atoms with Crippen molar-refractivity contribution < 1.29 is 9.90 Å². The van der Waals surface area contributed by atoms with E-state index in [2.05, 4.69) is 20.8 Å². The van der Waals surface area contributed by atoms with E-state index in [1.165, 1.54) is 24.8 Å². The van der Waals surface area contributed by atoms with Gasteiger partial charge in [-0.1, -0.05) is 46.1 Å². The molecule has 1 aromatic rings. The van der Waals surface area contributed by atoms with Gasteiger partial charge in [-0.15, -0.1) is 0 Å². The van der Waals surface area contributed by atoms with Gasteiger partial charge in [0.2, 0.25) is 5.91 Å². The molecule has 0 saturated heterocycles. The van der Waals surface area contributed by atoms with Crippen LogP contribution in [0.3, 0.4) is 0 Å². The number of phenolic OH excluding ortho intramolecular Hbond substituents is 1. The van der Waals surface area contributed by atoms with Crippen LogP contribution in [0.15, 0.2) is 18.2 Å². The zero-order valence-electron chi connectivity index (χ0n) is 14.4. The van der Waals surface area contributed by atoms with Crippen LogP contribution in [0.2, 0.25) is 0 Å². The fraction of sp³-hybridized carbons (Fsp3) is 0.632. The average Bonchev–Trinajstić information content (AvgIpc) is 2.45. The number of phenols is 1. The Morgan fingerprint density at radius 2 is 1.86 bits per heavy atom. The molecule has 1 aromatic carbocycles. The van der Waals surface area contributed by atoms with E-state index in [4.69, 9.17) is 0 Å². The number of rotatable bonds is 3. The molecule has 0 atom stereocenters. The van der Waals surface area contributed by atoms with Crippen LogP contribution in [-0.2, 0) is 16.8 Å². The Kier molecular flexibility index (Phi) is 5.15. The van der Waals surface area contributed by atoms with E-state index in [1.54, 1.807) is 13.0 Å². The van der Waals surface area contributed by atoms with E-state index < -0.39 is 0 Å². The molecule has 1 aliphatic carbocycles. The molecule has 22 heavy (non-hydrogen) atoms. The standard InChI is InChI=1S/C19H29NO2/c1-14(21)20(17-8-6-5-7-9-17)13-15-12-16(19(2,3)4)10-11-18(15)22/h10-12,17,22H,5-9,13H2,1-4H3. The number of amides is 1. The monoisotopic (exact) mass is 303 g/mol. The first-order chi connectivity index (χ1) is 10.3. The third-order valence-corrected chi connectivity index (χ3v) is 4.71. The highest BCUT2D eigenvalue weighted by molar-refractivity contribution is 5.73. The van der Waals surface area contributed by atoms with Gasteiger partial charge in [0, 0.05) is 25.1 Å². The van der Waals surface area contributed by atoms with E-state index in [0.717, 1.165) is 18.4 Å². The first-order valence-corrected chi connectivity index (χ1v) is 8.38. The van der Waals surface area contributed by atoms with E-state index in [1.807, 2.05) is 17.0 Å². The lowest BCUT2D eigenvalue weighted by Gasteiger charge is -2.34.